The molecular formula is C44H59N3O4S3Si. The van der Waals surface area contributed by atoms with Gasteiger partial charge in [0.05, 0.1) is 35.2 Å². The Bertz CT molecular complexity index is 1830. The summed E-state index contributed by atoms with van der Waals surface area (Å²) < 4.78 is 12.8. The molecule has 0 unspecified atom stereocenters. The highest BCUT2D eigenvalue weighted by molar-refractivity contribution is 8.15. The Labute approximate surface area is 343 Å². The molecule has 1 saturated heterocycles. The summed E-state index contributed by atoms with van der Waals surface area (Å²) in [7, 11) is 0.637. The predicted molar refractivity (Wildman–Crippen MR) is 239 cm³/mol. The summed E-state index contributed by atoms with van der Waals surface area (Å²) in [4.78, 5) is 25.2. The fraction of sp³-hybridized carbons (Fsp3) is 0.523. The molecule has 5 atom stereocenters. The molecule has 3 aromatic carbocycles. The van der Waals surface area contributed by atoms with Gasteiger partial charge in [0.1, 0.15) is 10.8 Å². The van der Waals surface area contributed by atoms with Gasteiger partial charge in [-0.3, -0.25) is 14.9 Å². The number of hydrogen-bond acceptors (Lipinski definition) is 10. The zero-order chi connectivity index (χ0) is 39.6. The van der Waals surface area contributed by atoms with Crippen molar-refractivity contribution in [2.75, 3.05) is 31.4 Å². The maximum atomic E-state index is 12.5. The number of aryl methyl sites for hydroxylation is 1. The zero-order valence-electron chi connectivity index (χ0n) is 34.0. The third-order valence-electron chi connectivity index (χ3n) is 11.5. The topological polar surface area (TPSA) is 83.7 Å². The molecule has 55 heavy (non-hydrogen) atoms. The molecule has 3 aromatic rings. The van der Waals surface area contributed by atoms with E-state index in [1.54, 1.807) is 11.8 Å². The first kappa shape index (κ1) is 42.1. The summed E-state index contributed by atoms with van der Waals surface area (Å²) in [5, 5.41) is 16.3. The summed E-state index contributed by atoms with van der Waals surface area (Å²) in [6.45, 7) is 15.1. The highest BCUT2D eigenvalue weighted by Crippen LogP contribution is 2.46. The minimum Gasteiger partial charge on any atom is -0.533 e. The SMILES string of the molecule is CCCCCc1cccc(O[Si](c2ccccc2)(c2ccccc2)C(C)(C)C)c1C1=N[C@@H]([C@H]2SC[C@@H]([C@@H](O)C(C)(C)C3=N[C@@](C)(C(=O)OC)CS3)N2C)CS1. The van der Waals surface area contributed by atoms with Crippen LogP contribution in [0, 0.1) is 5.41 Å². The maximum Gasteiger partial charge on any atom is 0.334 e. The average molecular weight is 818 g/mol. The van der Waals surface area contributed by atoms with Gasteiger partial charge < -0.3 is 14.3 Å². The van der Waals surface area contributed by atoms with Crippen LogP contribution >= 0.6 is 35.3 Å². The number of thioether (sulfide) groups is 3. The summed E-state index contributed by atoms with van der Waals surface area (Å²) in [5.74, 6) is 2.76. The Morgan fingerprint density at radius 2 is 1.62 bits per heavy atom. The first-order valence-electron chi connectivity index (χ1n) is 19.6. The van der Waals surface area contributed by atoms with Crippen LogP contribution in [0.3, 0.4) is 0 Å². The Kier molecular flexibility index (Phi) is 13.1. The van der Waals surface area contributed by atoms with Gasteiger partial charge in [0, 0.05) is 28.7 Å². The minimum atomic E-state index is -2.90. The molecule has 296 valence electrons. The number of aliphatic imine (C=N–C) groups is 2. The van der Waals surface area contributed by atoms with E-state index >= 15 is 0 Å². The number of esters is 1. The molecule has 6 rings (SSSR count). The van der Waals surface area contributed by atoms with Gasteiger partial charge in [-0.1, -0.05) is 127 Å². The molecular weight excluding hydrogens is 759 g/mol. The quantitative estimate of drug-likeness (QED) is 0.0995. The number of aliphatic hydroxyl groups is 1. The second-order valence-electron chi connectivity index (χ2n) is 16.9. The number of benzene rings is 3. The molecule has 0 aliphatic carbocycles. The first-order chi connectivity index (χ1) is 26.2. The van der Waals surface area contributed by atoms with Gasteiger partial charge in [0.25, 0.3) is 0 Å². The van der Waals surface area contributed by atoms with Crippen molar-refractivity contribution >= 4 is 70.0 Å². The van der Waals surface area contributed by atoms with Crippen LogP contribution < -0.4 is 14.8 Å². The highest BCUT2D eigenvalue weighted by Gasteiger charge is 2.53. The van der Waals surface area contributed by atoms with Crippen LogP contribution in [0.15, 0.2) is 88.8 Å². The van der Waals surface area contributed by atoms with E-state index in [4.69, 9.17) is 19.1 Å². The average Bonchev–Trinajstić information content (AvgIpc) is 3.92. The third-order valence-corrected chi connectivity index (χ3v) is 20.7. The van der Waals surface area contributed by atoms with Gasteiger partial charge in [-0.15, -0.1) is 35.3 Å². The van der Waals surface area contributed by atoms with Crippen LogP contribution in [0.5, 0.6) is 5.75 Å². The fourth-order valence-corrected chi connectivity index (χ4v) is 16.9. The molecule has 0 radical (unpaired) electrons. The monoisotopic (exact) mass is 817 g/mol. The van der Waals surface area contributed by atoms with E-state index in [0.29, 0.717) is 5.75 Å². The number of unbranched alkanes of at least 4 members (excludes halogenated alkanes) is 2. The van der Waals surface area contributed by atoms with Crippen LogP contribution in [0.4, 0.5) is 0 Å². The minimum absolute atomic E-state index is 0.0561. The van der Waals surface area contributed by atoms with Crippen molar-refractivity contribution in [1.82, 2.24) is 4.90 Å². The van der Waals surface area contributed by atoms with Gasteiger partial charge in [0.15, 0.2) is 5.54 Å². The van der Waals surface area contributed by atoms with E-state index in [2.05, 4.69) is 119 Å². The molecule has 7 nitrogen and oxygen atoms in total. The fourth-order valence-electron chi connectivity index (χ4n) is 8.24. The number of likely N-dealkylation sites (N-methyl/N-ethyl adjacent to an activating group) is 1. The van der Waals surface area contributed by atoms with E-state index in [9.17, 15) is 9.90 Å². The molecule has 3 heterocycles. The van der Waals surface area contributed by atoms with Gasteiger partial charge in [-0.05, 0) is 53.9 Å². The first-order valence-corrected chi connectivity index (χ1v) is 24.6. The van der Waals surface area contributed by atoms with E-state index in [1.807, 2.05) is 44.3 Å². The number of carbonyl (C=O) groups is 1. The number of nitrogens with zero attached hydrogens (tertiary/aromatic N) is 3. The normalized spacial score (nSPS) is 24.1. The molecule has 0 bridgehead atoms. The van der Waals surface area contributed by atoms with Crippen molar-refractivity contribution in [1.29, 1.82) is 0 Å². The lowest BCUT2D eigenvalue weighted by Crippen LogP contribution is -2.69. The summed E-state index contributed by atoms with van der Waals surface area (Å²) in [6.07, 6.45) is 3.76. The van der Waals surface area contributed by atoms with Crippen molar-refractivity contribution in [3.63, 3.8) is 0 Å². The van der Waals surface area contributed by atoms with Gasteiger partial charge in [-0.2, -0.15) is 0 Å². The number of methoxy groups -OCH3 is 1. The molecule has 3 aliphatic rings. The molecule has 0 spiro atoms. The molecule has 11 heteroatoms. The Hall–Kier alpha value is -2.54. The van der Waals surface area contributed by atoms with E-state index in [0.717, 1.165) is 52.2 Å². The van der Waals surface area contributed by atoms with Crippen molar-refractivity contribution in [2.45, 2.75) is 108 Å². The van der Waals surface area contributed by atoms with E-state index in [1.165, 1.54) is 29.5 Å². The second-order valence-corrected chi connectivity index (χ2v) is 24.3. The molecule has 0 amide bonds. The number of hydrogen-bond donors (Lipinski definition) is 1. The van der Waals surface area contributed by atoms with Crippen LogP contribution in [-0.2, 0) is 16.0 Å². The lowest BCUT2D eigenvalue weighted by atomic mass is 9.83. The van der Waals surface area contributed by atoms with Crippen molar-refractivity contribution in [3.8, 4) is 5.75 Å². The Morgan fingerprint density at radius 3 is 2.22 bits per heavy atom. The van der Waals surface area contributed by atoms with Crippen molar-refractivity contribution < 1.29 is 19.1 Å². The molecule has 0 aromatic heterocycles. The molecule has 1 fully saturated rings. The molecule has 0 saturated carbocycles. The second kappa shape index (κ2) is 17.1. The summed E-state index contributed by atoms with van der Waals surface area (Å²) in [5.41, 5.74) is 0.886. The smallest absolute Gasteiger partial charge is 0.334 e. The zero-order valence-corrected chi connectivity index (χ0v) is 37.5. The summed E-state index contributed by atoms with van der Waals surface area (Å²) >= 11 is 5.28. The molecule has 1 N–H and O–H groups in total. The lowest BCUT2D eigenvalue weighted by molar-refractivity contribution is -0.145. The number of rotatable bonds is 14. The maximum absolute atomic E-state index is 12.5. The van der Waals surface area contributed by atoms with Gasteiger partial charge >= 0.3 is 14.3 Å². The van der Waals surface area contributed by atoms with Crippen LogP contribution in [-0.4, -0.2) is 94.9 Å². The summed E-state index contributed by atoms with van der Waals surface area (Å²) in [6, 6.07) is 28.3. The largest absolute Gasteiger partial charge is 0.533 e. The van der Waals surface area contributed by atoms with Gasteiger partial charge in [-0.25, -0.2) is 4.79 Å². The highest BCUT2D eigenvalue weighted by atomic mass is 32.2. The van der Waals surface area contributed by atoms with Gasteiger partial charge in [0.2, 0.25) is 0 Å². The van der Waals surface area contributed by atoms with Crippen LogP contribution in [0.2, 0.25) is 5.04 Å². The molecule has 3 aliphatic heterocycles. The van der Waals surface area contributed by atoms with Crippen LogP contribution in [0.25, 0.3) is 0 Å². The van der Waals surface area contributed by atoms with E-state index in [-0.39, 0.29) is 28.5 Å². The number of aliphatic hydroxyl groups excluding tert-OH is 1. The van der Waals surface area contributed by atoms with Crippen LogP contribution in [0.1, 0.15) is 78.9 Å². The van der Waals surface area contributed by atoms with Crippen molar-refractivity contribution in [2.24, 2.45) is 15.4 Å². The Balaban J connectivity index is 1.33. The Morgan fingerprint density at radius 1 is 0.964 bits per heavy atom. The predicted octanol–water partition coefficient (Wildman–Crippen LogP) is 8.06. The standard InChI is InChI=1S/C44H59N3O4S3Si/c1-10-11-14-20-30-21-19-26-35(51-55(42(2,3)4,31-22-15-12-16-23-31)32-24-17-13-18-25-32)36(30)38-45-33(27-52-38)39-47(8)34(28-53-39)37(48)43(5,6)40-46-44(7,29-54-40)41(49)50-9/h12-13,15-19,21-26,33-34,37,39,48H,10-11,14,20,27-29H2,1-9H3/t33-,34+,37-,39-,44-/m1/s1. The van der Waals surface area contributed by atoms with Crippen molar-refractivity contribution in [3.05, 3.63) is 90.0 Å². The number of carbonyl (C=O) groups excluding carboxylic acids is 1. The number of ether oxygens (including phenoxy) is 1. The lowest BCUT2D eigenvalue weighted by Gasteiger charge is -2.43. The van der Waals surface area contributed by atoms with E-state index < -0.39 is 25.4 Å². The third kappa shape index (κ3) is 8.26.